The number of anilines is 1. The molecule has 1 aromatic heterocycles. The highest BCUT2D eigenvalue weighted by Crippen LogP contribution is 2.37. The molecule has 0 radical (unpaired) electrons. The molecule has 2 atom stereocenters. The second-order valence-corrected chi connectivity index (χ2v) is 6.59. The zero-order valence-electron chi connectivity index (χ0n) is 11.0. The fourth-order valence-corrected chi connectivity index (χ4v) is 3.81. The Morgan fingerprint density at radius 2 is 2.00 bits per heavy atom. The van der Waals surface area contributed by atoms with Gasteiger partial charge in [0.2, 0.25) is 0 Å². The molecule has 1 aliphatic carbocycles. The molecular formula is C15H21BrN2. The Morgan fingerprint density at radius 3 is 2.83 bits per heavy atom. The molecule has 0 N–H and O–H groups in total. The first-order valence-electron chi connectivity index (χ1n) is 7.14. The van der Waals surface area contributed by atoms with Gasteiger partial charge in [-0.25, -0.2) is 4.98 Å². The van der Waals surface area contributed by atoms with Crippen LogP contribution in [0.25, 0.3) is 0 Å². The van der Waals surface area contributed by atoms with Gasteiger partial charge in [0.15, 0.2) is 0 Å². The summed E-state index contributed by atoms with van der Waals surface area (Å²) in [7, 11) is 0. The van der Waals surface area contributed by atoms with Gasteiger partial charge in [0.1, 0.15) is 5.82 Å². The van der Waals surface area contributed by atoms with Crippen LogP contribution in [0.4, 0.5) is 5.82 Å². The summed E-state index contributed by atoms with van der Waals surface area (Å²) in [4.78, 5) is 7.21. The maximum Gasteiger partial charge on any atom is 0.129 e. The van der Waals surface area contributed by atoms with Crippen molar-refractivity contribution in [2.24, 2.45) is 5.92 Å². The first kappa shape index (κ1) is 12.5. The van der Waals surface area contributed by atoms with Gasteiger partial charge in [0.05, 0.1) is 0 Å². The summed E-state index contributed by atoms with van der Waals surface area (Å²) in [5.74, 6) is 2.10. The van der Waals surface area contributed by atoms with E-state index in [-0.39, 0.29) is 0 Å². The lowest BCUT2D eigenvalue weighted by Gasteiger charge is -2.44. The topological polar surface area (TPSA) is 16.1 Å². The molecule has 2 nitrogen and oxygen atoms in total. The minimum Gasteiger partial charge on any atom is -0.353 e. The Labute approximate surface area is 118 Å². The minimum atomic E-state index is 0.751. The van der Waals surface area contributed by atoms with Crippen LogP contribution in [0.3, 0.4) is 0 Å². The minimum absolute atomic E-state index is 0.751. The molecule has 2 heterocycles. The summed E-state index contributed by atoms with van der Waals surface area (Å²) in [5, 5.41) is 0. The van der Waals surface area contributed by atoms with E-state index in [1.54, 1.807) is 0 Å². The number of hydrogen-bond acceptors (Lipinski definition) is 2. The van der Waals surface area contributed by atoms with Gasteiger partial charge in [-0.05, 0) is 66.1 Å². The van der Waals surface area contributed by atoms with Crippen molar-refractivity contribution < 1.29 is 0 Å². The molecule has 1 saturated heterocycles. The lowest BCUT2D eigenvalue weighted by molar-refractivity contribution is 0.242. The maximum absolute atomic E-state index is 4.63. The van der Waals surface area contributed by atoms with Crippen LogP contribution in [0, 0.1) is 12.8 Å². The Kier molecular flexibility index (Phi) is 3.60. The number of halogens is 1. The quantitative estimate of drug-likeness (QED) is 0.768. The monoisotopic (exact) mass is 308 g/mol. The number of nitrogens with zero attached hydrogens (tertiary/aromatic N) is 2. The smallest absolute Gasteiger partial charge is 0.129 e. The predicted molar refractivity (Wildman–Crippen MR) is 79.0 cm³/mol. The molecule has 2 aliphatic rings. The van der Waals surface area contributed by atoms with Gasteiger partial charge in [-0.2, -0.15) is 0 Å². The Hall–Kier alpha value is -0.570. The van der Waals surface area contributed by atoms with Crippen molar-refractivity contribution in [3.8, 4) is 0 Å². The van der Waals surface area contributed by atoms with Crippen molar-refractivity contribution in [1.29, 1.82) is 0 Å². The van der Waals surface area contributed by atoms with Crippen LogP contribution in [0.15, 0.2) is 16.7 Å². The molecule has 2 unspecified atom stereocenters. The third-order valence-electron chi connectivity index (χ3n) is 4.57. The van der Waals surface area contributed by atoms with E-state index in [2.05, 4.69) is 38.8 Å². The highest BCUT2D eigenvalue weighted by atomic mass is 79.9. The maximum atomic E-state index is 4.63. The predicted octanol–water partition coefficient (Wildman–Crippen LogP) is 4.31. The van der Waals surface area contributed by atoms with Gasteiger partial charge in [-0.3, -0.25) is 0 Å². The lowest BCUT2D eigenvalue weighted by atomic mass is 9.78. The van der Waals surface area contributed by atoms with Crippen LogP contribution in [0.2, 0.25) is 0 Å². The van der Waals surface area contributed by atoms with E-state index in [0.29, 0.717) is 0 Å². The number of aromatic nitrogens is 1. The van der Waals surface area contributed by atoms with Gasteiger partial charge in [-0.15, -0.1) is 0 Å². The van der Waals surface area contributed by atoms with Gasteiger partial charge in [-0.1, -0.05) is 12.8 Å². The van der Waals surface area contributed by atoms with Crippen molar-refractivity contribution in [2.45, 2.75) is 51.5 Å². The fraction of sp³-hybridized carbons (Fsp3) is 0.667. The number of piperidine rings is 1. The Morgan fingerprint density at radius 1 is 1.22 bits per heavy atom. The molecule has 0 aromatic carbocycles. The van der Waals surface area contributed by atoms with Crippen LogP contribution in [-0.4, -0.2) is 17.6 Å². The standard InChI is InChI=1S/C15H21BrN2/c1-11-9-15(17-10-13(11)16)18-8-4-6-12-5-2-3-7-14(12)18/h9-10,12,14H,2-8H2,1H3. The number of hydrogen-bond donors (Lipinski definition) is 0. The zero-order valence-corrected chi connectivity index (χ0v) is 12.6. The van der Waals surface area contributed by atoms with E-state index in [9.17, 15) is 0 Å². The number of fused-ring (bicyclic) bond motifs is 1. The first-order chi connectivity index (χ1) is 8.75. The highest BCUT2D eigenvalue weighted by molar-refractivity contribution is 9.10. The summed E-state index contributed by atoms with van der Waals surface area (Å²) in [6.45, 7) is 3.34. The second kappa shape index (κ2) is 5.20. The SMILES string of the molecule is Cc1cc(N2CCCC3CCCCC32)ncc1Br. The summed E-state index contributed by atoms with van der Waals surface area (Å²) in [6, 6.07) is 2.99. The van der Waals surface area contributed by atoms with Gasteiger partial charge >= 0.3 is 0 Å². The molecule has 0 bridgehead atoms. The van der Waals surface area contributed by atoms with E-state index >= 15 is 0 Å². The molecule has 3 rings (SSSR count). The van der Waals surface area contributed by atoms with Crippen molar-refractivity contribution >= 4 is 21.7 Å². The van der Waals surface area contributed by atoms with Crippen LogP contribution in [0.5, 0.6) is 0 Å². The molecule has 0 spiro atoms. The van der Waals surface area contributed by atoms with E-state index in [1.165, 1.54) is 56.5 Å². The van der Waals surface area contributed by atoms with Crippen LogP contribution >= 0.6 is 15.9 Å². The normalized spacial score (nSPS) is 28.0. The first-order valence-corrected chi connectivity index (χ1v) is 7.94. The molecule has 3 heteroatoms. The molecule has 1 saturated carbocycles. The number of pyridine rings is 1. The summed E-state index contributed by atoms with van der Waals surface area (Å²) < 4.78 is 1.11. The third kappa shape index (κ3) is 2.29. The molecule has 18 heavy (non-hydrogen) atoms. The zero-order chi connectivity index (χ0) is 12.5. The van der Waals surface area contributed by atoms with Crippen LogP contribution in [-0.2, 0) is 0 Å². The second-order valence-electron chi connectivity index (χ2n) is 5.74. The molecule has 98 valence electrons. The molecule has 1 aliphatic heterocycles. The Balaban J connectivity index is 1.87. The van der Waals surface area contributed by atoms with Crippen molar-refractivity contribution in [3.63, 3.8) is 0 Å². The van der Waals surface area contributed by atoms with Gasteiger partial charge < -0.3 is 4.90 Å². The average Bonchev–Trinajstić information content (AvgIpc) is 2.41. The number of aryl methyl sites for hydroxylation is 1. The van der Waals surface area contributed by atoms with Crippen molar-refractivity contribution in [1.82, 2.24) is 4.98 Å². The highest BCUT2D eigenvalue weighted by Gasteiger charge is 2.33. The Bertz CT molecular complexity index is 431. The average molecular weight is 309 g/mol. The van der Waals surface area contributed by atoms with E-state index < -0.39 is 0 Å². The van der Waals surface area contributed by atoms with Crippen molar-refractivity contribution in [3.05, 3.63) is 22.3 Å². The lowest BCUT2D eigenvalue weighted by Crippen LogP contribution is -2.47. The van der Waals surface area contributed by atoms with Crippen LogP contribution < -0.4 is 4.90 Å². The summed E-state index contributed by atoms with van der Waals surface area (Å²) in [6.07, 6.45) is 10.3. The van der Waals surface area contributed by atoms with Crippen LogP contribution in [0.1, 0.15) is 44.1 Å². The summed E-state index contributed by atoms with van der Waals surface area (Å²) >= 11 is 3.54. The largest absolute Gasteiger partial charge is 0.353 e. The molecule has 1 aromatic rings. The summed E-state index contributed by atoms with van der Waals surface area (Å²) in [5.41, 5.74) is 1.29. The van der Waals surface area contributed by atoms with E-state index in [0.717, 1.165) is 16.4 Å². The molecular weight excluding hydrogens is 288 g/mol. The third-order valence-corrected chi connectivity index (χ3v) is 5.40. The fourth-order valence-electron chi connectivity index (χ4n) is 3.59. The number of rotatable bonds is 1. The van der Waals surface area contributed by atoms with Gasteiger partial charge in [0, 0.05) is 23.3 Å². The van der Waals surface area contributed by atoms with Gasteiger partial charge in [0.25, 0.3) is 0 Å². The van der Waals surface area contributed by atoms with Crippen molar-refractivity contribution in [2.75, 3.05) is 11.4 Å². The van der Waals surface area contributed by atoms with E-state index in [4.69, 9.17) is 0 Å². The molecule has 2 fully saturated rings. The van der Waals surface area contributed by atoms with E-state index in [1.807, 2.05) is 6.20 Å². The molecule has 0 amide bonds.